The van der Waals surface area contributed by atoms with Crippen LogP contribution in [0.25, 0.3) is 0 Å². The van der Waals surface area contributed by atoms with Gasteiger partial charge in [-0.1, -0.05) is 11.6 Å². The normalized spacial score (nSPS) is 17.0. The number of carboxylic acid groups (broad SMARTS) is 1. The molecule has 1 fully saturated rings. The van der Waals surface area contributed by atoms with Gasteiger partial charge in [-0.25, -0.2) is 14.8 Å². The molecule has 0 saturated carbocycles. The molecule has 0 spiro atoms. The van der Waals surface area contributed by atoms with Gasteiger partial charge in [0.2, 0.25) is 5.91 Å². The first-order chi connectivity index (χ1) is 12.9. The second-order valence-corrected chi connectivity index (χ2v) is 7.07. The van der Waals surface area contributed by atoms with Crippen LogP contribution in [-0.4, -0.2) is 51.2 Å². The van der Waals surface area contributed by atoms with Crippen molar-refractivity contribution in [1.82, 2.24) is 19.9 Å². The molecule has 2 aromatic heterocycles. The summed E-state index contributed by atoms with van der Waals surface area (Å²) in [7, 11) is 0. The predicted octanol–water partition coefficient (Wildman–Crippen LogP) is 1.97. The van der Waals surface area contributed by atoms with Crippen molar-refractivity contribution in [2.75, 3.05) is 24.5 Å². The van der Waals surface area contributed by atoms with Crippen LogP contribution in [-0.2, 0) is 11.3 Å². The molecule has 144 valence electrons. The van der Waals surface area contributed by atoms with E-state index < -0.39 is 5.97 Å². The van der Waals surface area contributed by atoms with E-state index in [2.05, 4.69) is 15.3 Å². The molecule has 0 bridgehead atoms. The van der Waals surface area contributed by atoms with E-state index in [1.54, 1.807) is 29.1 Å². The third kappa shape index (κ3) is 4.77. The van der Waals surface area contributed by atoms with Gasteiger partial charge < -0.3 is 19.9 Å². The van der Waals surface area contributed by atoms with Gasteiger partial charge in [0, 0.05) is 32.0 Å². The molecule has 27 heavy (non-hydrogen) atoms. The zero-order valence-corrected chi connectivity index (χ0v) is 15.8. The van der Waals surface area contributed by atoms with Gasteiger partial charge in [0.1, 0.15) is 18.2 Å². The van der Waals surface area contributed by atoms with E-state index in [9.17, 15) is 14.7 Å². The number of carbonyl (C=O) groups excluding carboxylic acids is 1. The summed E-state index contributed by atoms with van der Waals surface area (Å²) in [6.45, 7) is 4.19. The molecular weight excluding hydrogens is 370 g/mol. The number of piperidine rings is 1. The zero-order chi connectivity index (χ0) is 19.4. The van der Waals surface area contributed by atoms with Crippen LogP contribution in [0.4, 0.5) is 5.82 Å². The molecule has 1 unspecified atom stereocenters. The number of halogens is 1. The summed E-state index contributed by atoms with van der Waals surface area (Å²) >= 11 is 5.90. The Labute approximate surface area is 162 Å². The Morgan fingerprint density at radius 2 is 2.22 bits per heavy atom. The Morgan fingerprint density at radius 3 is 2.93 bits per heavy atom. The second kappa shape index (κ2) is 8.39. The number of anilines is 1. The van der Waals surface area contributed by atoms with Gasteiger partial charge in [0.05, 0.1) is 5.02 Å². The highest BCUT2D eigenvalue weighted by Crippen LogP contribution is 2.24. The minimum Gasteiger partial charge on any atom is -0.476 e. The maximum Gasteiger partial charge on any atom is 0.356 e. The fourth-order valence-corrected chi connectivity index (χ4v) is 3.42. The number of aromatic nitrogens is 3. The van der Waals surface area contributed by atoms with Gasteiger partial charge >= 0.3 is 5.97 Å². The topological polar surface area (TPSA) is 100 Å². The van der Waals surface area contributed by atoms with E-state index in [4.69, 9.17) is 11.6 Å². The van der Waals surface area contributed by atoms with Crippen molar-refractivity contribution in [3.63, 3.8) is 0 Å². The number of amides is 1. The van der Waals surface area contributed by atoms with Gasteiger partial charge in [0.25, 0.3) is 0 Å². The summed E-state index contributed by atoms with van der Waals surface area (Å²) in [6, 6.07) is 3.30. The first-order valence-corrected chi connectivity index (χ1v) is 9.21. The molecule has 1 aliphatic rings. The average Bonchev–Trinajstić information content (AvgIpc) is 3.05. The number of carboxylic acids is 1. The van der Waals surface area contributed by atoms with Crippen LogP contribution in [0.1, 0.15) is 29.2 Å². The molecule has 3 heterocycles. The van der Waals surface area contributed by atoms with E-state index in [0.29, 0.717) is 18.9 Å². The molecule has 1 saturated heterocycles. The lowest BCUT2D eigenvalue weighted by Gasteiger charge is -2.33. The van der Waals surface area contributed by atoms with Crippen molar-refractivity contribution in [2.45, 2.75) is 26.3 Å². The minimum absolute atomic E-state index is 0.0500. The zero-order valence-electron chi connectivity index (χ0n) is 15.1. The largest absolute Gasteiger partial charge is 0.476 e. The molecule has 0 radical (unpaired) electrons. The number of hydrogen-bond donors (Lipinski definition) is 2. The molecule has 8 nitrogen and oxygen atoms in total. The minimum atomic E-state index is -1.14. The quantitative estimate of drug-likeness (QED) is 0.780. The third-order valence-corrected chi connectivity index (χ3v) is 5.01. The Hall–Kier alpha value is -2.61. The van der Waals surface area contributed by atoms with Crippen molar-refractivity contribution in [1.29, 1.82) is 0 Å². The third-order valence-electron chi connectivity index (χ3n) is 4.70. The van der Waals surface area contributed by atoms with Crippen LogP contribution in [0.3, 0.4) is 0 Å². The lowest BCUT2D eigenvalue weighted by molar-refractivity contribution is -0.121. The molecule has 1 aliphatic heterocycles. The summed E-state index contributed by atoms with van der Waals surface area (Å²) in [5.74, 6) is 0.486. The summed E-state index contributed by atoms with van der Waals surface area (Å²) in [4.78, 5) is 33.7. The number of carbonyl (C=O) groups is 2. The number of imidazole rings is 1. The van der Waals surface area contributed by atoms with E-state index in [1.165, 1.54) is 0 Å². The monoisotopic (exact) mass is 391 g/mol. The fourth-order valence-electron chi connectivity index (χ4n) is 3.24. The number of nitrogens with zero attached hydrogens (tertiary/aromatic N) is 4. The number of nitrogens with one attached hydrogen (secondary N) is 1. The number of aryl methyl sites for hydroxylation is 1. The van der Waals surface area contributed by atoms with Crippen LogP contribution in [0.5, 0.6) is 0 Å². The van der Waals surface area contributed by atoms with E-state index in [1.807, 2.05) is 11.8 Å². The molecule has 0 aliphatic carbocycles. The van der Waals surface area contributed by atoms with Gasteiger partial charge in [-0.2, -0.15) is 0 Å². The molecular formula is C18H22ClN5O3. The Bertz CT molecular complexity index is 838. The summed E-state index contributed by atoms with van der Waals surface area (Å²) < 4.78 is 1.80. The molecule has 1 atom stereocenters. The lowest BCUT2D eigenvalue weighted by atomic mass is 9.98. The standard InChI is InChI=1S/C18H22ClN5O3/c1-12-20-6-8-23(12)11-16(25)21-9-13-3-2-7-24(10-13)15-5-4-14(19)17(22-15)18(26)27/h4-6,8,13H,2-3,7,9-11H2,1H3,(H,21,25)(H,26,27). The first-order valence-electron chi connectivity index (χ1n) is 8.83. The van der Waals surface area contributed by atoms with Crippen LogP contribution in [0.15, 0.2) is 24.5 Å². The number of rotatable bonds is 6. The van der Waals surface area contributed by atoms with Crippen molar-refractivity contribution in [2.24, 2.45) is 5.92 Å². The second-order valence-electron chi connectivity index (χ2n) is 6.67. The van der Waals surface area contributed by atoms with Gasteiger partial charge in [-0.3, -0.25) is 4.79 Å². The number of pyridine rings is 1. The number of aromatic carboxylic acids is 1. The number of hydrogen-bond acceptors (Lipinski definition) is 5. The van der Waals surface area contributed by atoms with Gasteiger partial charge in [-0.05, 0) is 37.8 Å². The summed E-state index contributed by atoms with van der Waals surface area (Å²) in [6.07, 6.45) is 5.41. The highest BCUT2D eigenvalue weighted by molar-refractivity contribution is 6.33. The molecule has 2 N–H and O–H groups in total. The highest BCUT2D eigenvalue weighted by Gasteiger charge is 2.23. The lowest BCUT2D eigenvalue weighted by Crippen LogP contribution is -2.42. The van der Waals surface area contributed by atoms with Gasteiger partial charge in [0.15, 0.2) is 5.69 Å². The summed E-state index contributed by atoms with van der Waals surface area (Å²) in [5.41, 5.74) is -0.139. The van der Waals surface area contributed by atoms with Crippen molar-refractivity contribution >= 4 is 29.3 Å². The Kier molecular flexibility index (Phi) is 5.95. The van der Waals surface area contributed by atoms with Crippen LogP contribution >= 0.6 is 11.6 Å². The van der Waals surface area contributed by atoms with E-state index in [-0.39, 0.29) is 29.1 Å². The predicted molar refractivity (Wildman–Crippen MR) is 101 cm³/mol. The van der Waals surface area contributed by atoms with Crippen molar-refractivity contribution in [3.05, 3.63) is 41.1 Å². The average molecular weight is 392 g/mol. The van der Waals surface area contributed by atoms with E-state index in [0.717, 1.165) is 25.2 Å². The molecule has 1 amide bonds. The highest BCUT2D eigenvalue weighted by atomic mass is 35.5. The molecule has 2 aromatic rings. The van der Waals surface area contributed by atoms with Crippen molar-refractivity contribution in [3.8, 4) is 0 Å². The van der Waals surface area contributed by atoms with Gasteiger partial charge in [-0.15, -0.1) is 0 Å². The van der Waals surface area contributed by atoms with Crippen LogP contribution < -0.4 is 10.2 Å². The maximum atomic E-state index is 12.1. The molecule has 3 rings (SSSR count). The molecule has 0 aromatic carbocycles. The SMILES string of the molecule is Cc1nccn1CC(=O)NCC1CCCN(c2ccc(Cl)c(C(=O)O)n2)C1. The van der Waals surface area contributed by atoms with Crippen LogP contribution in [0.2, 0.25) is 5.02 Å². The smallest absolute Gasteiger partial charge is 0.356 e. The summed E-state index contributed by atoms with van der Waals surface area (Å²) in [5, 5.41) is 12.3. The van der Waals surface area contributed by atoms with Crippen molar-refractivity contribution < 1.29 is 14.7 Å². The fraction of sp³-hybridized carbons (Fsp3) is 0.444. The first kappa shape index (κ1) is 19.2. The van der Waals surface area contributed by atoms with E-state index >= 15 is 0 Å². The Morgan fingerprint density at radius 1 is 1.41 bits per heavy atom. The Balaban J connectivity index is 1.56. The van der Waals surface area contributed by atoms with Crippen LogP contribution in [0, 0.1) is 12.8 Å². The maximum absolute atomic E-state index is 12.1. The molecule has 9 heteroatoms.